The largest absolute Gasteiger partial charge is 0.530 e. The van der Waals surface area contributed by atoms with E-state index in [0.29, 0.717) is 35.5 Å². The van der Waals surface area contributed by atoms with Gasteiger partial charge in [-0.1, -0.05) is 138 Å². The Morgan fingerprint density at radius 3 is 0.675 bits per heavy atom. The van der Waals surface area contributed by atoms with Gasteiger partial charge < -0.3 is 13.6 Å². The predicted octanol–water partition coefficient (Wildman–Crippen LogP) is 12.2. The molecule has 0 spiro atoms. The summed E-state index contributed by atoms with van der Waals surface area (Å²) in [6.45, 7) is 26.6. The van der Waals surface area contributed by atoms with E-state index in [1.54, 1.807) is 0 Å². The van der Waals surface area contributed by atoms with Crippen molar-refractivity contribution in [1.82, 2.24) is 0 Å². The molecule has 3 aromatic carbocycles. The van der Waals surface area contributed by atoms with E-state index in [4.69, 9.17) is 13.6 Å². The van der Waals surface area contributed by atoms with Crippen LogP contribution in [-0.4, -0.2) is 0 Å². The Bertz CT molecular complexity index is 1020. The second-order valence-electron chi connectivity index (χ2n) is 12.7. The van der Waals surface area contributed by atoms with Gasteiger partial charge in [0.1, 0.15) is 17.2 Å². The standard InChI is InChI=1S/C36H51O3P/c1-22(2)28-16-13-17-29(23(3)4)34(28)37-40(38-35-30(24(5)6)18-14-19-31(35)25(7)8)39-36-32(26(9)10)20-15-21-33(36)27(11)12/h13-27H,1-12H3. The predicted molar refractivity (Wildman–Crippen MR) is 173 cm³/mol. The lowest BCUT2D eigenvalue weighted by atomic mass is 9.94. The van der Waals surface area contributed by atoms with Crippen molar-refractivity contribution in [3.05, 3.63) is 88.0 Å². The SMILES string of the molecule is CC(C)c1cccc(C(C)C)c1OP(Oc1c(C(C)C)cccc1C(C)C)Oc1c(C(C)C)cccc1C(C)C. The maximum Gasteiger partial charge on any atom is 0.530 e. The lowest BCUT2D eigenvalue weighted by Crippen LogP contribution is -2.11. The van der Waals surface area contributed by atoms with Crippen molar-refractivity contribution in [3.63, 3.8) is 0 Å². The zero-order chi connectivity index (χ0) is 29.7. The van der Waals surface area contributed by atoms with Gasteiger partial charge in [-0.05, 0) is 68.9 Å². The van der Waals surface area contributed by atoms with Gasteiger partial charge in [0.2, 0.25) is 0 Å². The number of hydrogen-bond donors (Lipinski definition) is 0. The second-order valence-corrected chi connectivity index (χ2v) is 13.7. The van der Waals surface area contributed by atoms with Crippen LogP contribution in [0.15, 0.2) is 54.6 Å². The van der Waals surface area contributed by atoms with Crippen LogP contribution in [0.5, 0.6) is 17.2 Å². The highest BCUT2D eigenvalue weighted by atomic mass is 31.2. The van der Waals surface area contributed by atoms with Gasteiger partial charge >= 0.3 is 8.60 Å². The molecule has 0 saturated heterocycles. The summed E-state index contributed by atoms with van der Waals surface area (Å²) in [7, 11) is -1.84. The summed E-state index contributed by atoms with van der Waals surface area (Å²) in [5.41, 5.74) is 7.05. The molecule has 0 radical (unpaired) electrons. The van der Waals surface area contributed by atoms with E-state index in [9.17, 15) is 0 Å². The van der Waals surface area contributed by atoms with Gasteiger partial charge in [-0.25, -0.2) is 0 Å². The zero-order valence-corrected chi connectivity index (χ0v) is 27.7. The molecule has 3 aromatic rings. The molecule has 0 aliphatic rings. The Labute approximate surface area is 245 Å². The zero-order valence-electron chi connectivity index (χ0n) is 26.8. The average Bonchev–Trinajstić information content (AvgIpc) is 2.88. The third-order valence-electron chi connectivity index (χ3n) is 7.46. The van der Waals surface area contributed by atoms with Gasteiger partial charge in [0.05, 0.1) is 0 Å². The fraction of sp³-hybridized carbons (Fsp3) is 0.500. The van der Waals surface area contributed by atoms with Crippen LogP contribution in [0.25, 0.3) is 0 Å². The Kier molecular flexibility index (Phi) is 11.1. The molecular formula is C36H51O3P. The highest BCUT2D eigenvalue weighted by molar-refractivity contribution is 7.43. The molecule has 218 valence electrons. The minimum atomic E-state index is -1.84. The summed E-state index contributed by atoms with van der Waals surface area (Å²) >= 11 is 0. The Morgan fingerprint density at radius 2 is 0.525 bits per heavy atom. The number of para-hydroxylation sites is 3. The second kappa shape index (κ2) is 13.9. The quantitative estimate of drug-likeness (QED) is 0.205. The molecule has 0 fully saturated rings. The number of rotatable bonds is 12. The molecule has 0 atom stereocenters. The van der Waals surface area contributed by atoms with Gasteiger partial charge in [-0.2, -0.15) is 0 Å². The maximum absolute atomic E-state index is 6.97. The molecule has 0 heterocycles. The fourth-order valence-electron chi connectivity index (χ4n) is 5.04. The Balaban J connectivity index is 2.25. The summed E-state index contributed by atoms with van der Waals surface area (Å²) in [5.74, 6) is 4.47. The molecular weight excluding hydrogens is 511 g/mol. The third-order valence-corrected chi connectivity index (χ3v) is 8.45. The summed E-state index contributed by atoms with van der Waals surface area (Å²) in [4.78, 5) is 0. The lowest BCUT2D eigenvalue weighted by Gasteiger charge is -2.28. The molecule has 0 unspecified atom stereocenters. The normalized spacial score (nSPS) is 12.1. The van der Waals surface area contributed by atoms with Crippen LogP contribution in [0.1, 0.15) is 152 Å². The van der Waals surface area contributed by atoms with Crippen molar-refractivity contribution in [1.29, 1.82) is 0 Å². The van der Waals surface area contributed by atoms with Crippen LogP contribution < -0.4 is 13.6 Å². The van der Waals surface area contributed by atoms with Gasteiger partial charge in [-0.3, -0.25) is 0 Å². The van der Waals surface area contributed by atoms with Crippen molar-refractivity contribution >= 4 is 8.60 Å². The van der Waals surface area contributed by atoms with Crippen LogP contribution in [0.4, 0.5) is 0 Å². The van der Waals surface area contributed by atoms with Crippen LogP contribution in [-0.2, 0) is 0 Å². The van der Waals surface area contributed by atoms with Crippen LogP contribution in [0.3, 0.4) is 0 Å². The van der Waals surface area contributed by atoms with Crippen LogP contribution >= 0.6 is 8.60 Å². The van der Waals surface area contributed by atoms with E-state index in [0.717, 1.165) is 17.2 Å². The first-order chi connectivity index (χ1) is 18.8. The van der Waals surface area contributed by atoms with Gasteiger partial charge in [-0.15, -0.1) is 0 Å². The molecule has 0 amide bonds. The van der Waals surface area contributed by atoms with Crippen molar-refractivity contribution in [2.45, 2.75) is 119 Å². The molecule has 4 heteroatoms. The molecule has 0 aliphatic carbocycles. The molecule has 0 bridgehead atoms. The summed E-state index contributed by atoms with van der Waals surface area (Å²) in [5, 5.41) is 0. The summed E-state index contributed by atoms with van der Waals surface area (Å²) < 4.78 is 20.9. The molecule has 3 nitrogen and oxygen atoms in total. The third kappa shape index (κ3) is 7.41. The van der Waals surface area contributed by atoms with Crippen molar-refractivity contribution in [2.24, 2.45) is 0 Å². The molecule has 3 rings (SSSR count). The fourth-order valence-corrected chi connectivity index (χ4v) is 6.24. The highest BCUT2D eigenvalue weighted by Crippen LogP contribution is 2.51. The van der Waals surface area contributed by atoms with E-state index >= 15 is 0 Å². The van der Waals surface area contributed by atoms with Crippen molar-refractivity contribution in [2.75, 3.05) is 0 Å². The monoisotopic (exact) mass is 562 g/mol. The summed E-state index contributed by atoms with van der Waals surface area (Å²) in [6, 6.07) is 19.4. The Morgan fingerprint density at radius 1 is 0.350 bits per heavy atom. The van der Waals surface area contributed by atoms with Crippen molar-refractivity contribution in [3.8, 4) is 17.2 Å². The maximum atomic E-state index is 6.97. The number of benzene rings is 3. The van der Waals surface area contributed by atoms with Crippen LogP contribution in [0.2, 0.25) is 0 Å². The van der Waals surface area contributed by atoms with E-state index < -0.39 is 8.60 Å². The van der Waals surface area contributed by atoms with Crippen LogP contribution in [0, 0.1) is 0 Å². The van der Waals surface area contributed by atoms with Crippen molar-refractivity contribution < 1.29 is 13.6 Å². The highest BCUT2D eigenvalue weighted by Gasteiger charge is 2.30. The lowest BCUT2D eigenvalue weighted by molar-refractivity contribution is 0.374. The van der Waals surface area contributed by atoms with Gasteiger partial charge in [0.25, 0.3) is 0 Å². The smallest absolute Gasteiger partial charge is 0.408 e. The Hall–Kier alpha value is -2.51. The molecule has 0 N–H and O–H groups in total. The first-order valence-electron chi connectivity index (χ1n) is 15.1. The molecule has 0 saturated carbocycles. The summed E-state index contributed by atoms with van der Waals surface area (Å²) in [6.07, 6.45) is 0. The molecule has 40 heavy (non-hydrogen) atoms. The first-order valence-corrected chi connectivity index (χ1v) is 16.1. The average molecular weight is 563 g/mol. The molecule has 0 aromatic heterocycles. The number of hydrogen-bond acceptors (Lipinski definition) is 3. The first kappa shape index (κ1) is 32.0. The van der Waals surface area contributed by atoms with E-state index in [1.807, 2.05) is 0 Å². The van der Waals surface area contributed by atoms with Gasteiger partial charge in [0.15, 0.2) is 0 Å². The minimum absolute atomic E-state index is 0.300. The molecule has 0 aliphatic heterocycles. The topological polar surface area (TPSA) is 27.7 Å². The minimum Gasteiger partial charge on any atom is -0.408 e. The van der Waals surface area contributed by atoms with E-state index in [-0.39, 0.29) is 0 Å². The van der Waals surface area contributed by atoms with E-state index in [2.05, 4.69) is 138 Å². The van der Waals surface area contributed by atoms with Gasteiger partial charge in [0, 0.05) is 0 Å². The van der Waals surface area contributed by atoms with E-state index in [1.165, 1.54) is 33.4 Å².